The second kappa shape index (κ2) is 6.62. The standard InChI is InChI=1S/C18H21N5O3/c1-11-8-15(24)21-17(19-11)23-14(20-16(25)10-18(2,3)4)9-12(22-23)13-6-5-7-26-13/h5-9H,10H2,1-4H3,(H,20,25)(H,19,21,24). The van der Waals surface area contributed by atoms with Crippen LogP contribution in [-0.2, 0) is 4.79 Å². The van der Waals surface area contributed by atoms with Gasteiger partial charge >= 0.3 is 0 Å². The molecule has 2 N–H and O–H groups in total. The van der Waals surface area contributed by atoms with E-state index in [4.69, 9.17) is 4.42 Å². The van der Waals surface area contributed by atoms with E-state index < -0.39 is 0 Å². The molecular formula is C18H21N5O3. The van der Waals surface area contributed by atoms with Crippen molar-refractivity contribution < 1.29 is 9.21 Å². The first-order chi connectivity index (χ1) is 12.2. The number of H-pyrrole nitrogens is 1. The molecule has 0 unspecified atom stereocenters. The number of amides is 1. The molecule has 0 bridgehead atoms. The van der Waals surface area contributed by atoms with Gasteiger partial charge in [-0.3, -0.25) is 14.6 Å². The van der Waals surface area contributed by atoms with Crippen molar-refractivity contribution in [2.45, 2.75) is 34.1 Å². The molecule has 8 heteroatoms. The SMILES string of the molecule is Cc1cc(=O)[nH]c(-n2nc(-c3ccco3)cc2NC(=O)CC(C)(C)C)n1. The molecule has 1 amide bonds. The van der Waals surface area contributed by atoms with Crippen LogP contribution in [0.1, 0.15) is 32.9 Å². The van der Waals surface area contributed by atoms with Gasteiger partial charge in [-0.15, -0.1) is 0 Å². The number of carbonyl (C=O) groups is 1. The van der Waals surface area contributed by atoms with E-state index in [9.17, 15) is 9.59 Å². The van der Waals surface area contributed by atoms with Crippen molar-refractivity contribution in [1.29, 1.82) is 0 Å². The van der Waals surface area contributed by atoms with Crippen LogP contribution in [-0.4, -0.2) is 25.7 Å². The molecule has 0 saturated heterocycles. The Morgan fingerprint density at radius 2 is 2.12 bits per heavy atom. The van der Waals surface area contributed by atoms with Gasteiger partial charge < -0.3 is 9.73 Å². The van der Waals surface area contributed by atoms with Gasteiger partial charge in [-0.2, -0.15) is 9.78 Å². The molecule has 0 radical (unpaired) electrons. The van der Waals surface area contributed by atoms with Crippen LogP contribution < -0.4 is 10.9 Å². The van der Waals surface area contributed by atoms with Crippen molar-refractivity contribution in [1.82, 2.24) is 19.7 Å². The highest BCUT2D eigenvalue weighted by Gasteiger charge is 2.20. The third-order valence-electron chi connectivity index (χ3n) is 3.50. The second-order valence-corrected chi connectivity index (χ2v) is 7.30. The molecule has 0 aliphatic heterocycles. The van der Waals surface area contributed by atoms with Crippen molar-refractivity contribution in [2.24, 2.45) is 5.41 Å². The summed E-state index contributed by atoms with van der Waals surface area (Å²) in [5.74, 6) is 1.02. The summed E-state index contributed by atoms with van der Waals surface area (Å²) < 4.78 is 6.77. The van der Waals surface area contributed by atoms with E-state index in [-0.39, 0.29) is 22.8 Å². The van der Waals surface area contributed by atoms with Gasteiger partial charge in [-0.1, -0.05) is 20.8 Å². The van der Waals surface area contributed by atoms with E-state index in [0.717, 1.165) is 0 Å². The zero-order chi connectivity index (χ0) is 18.9. The molecule has 0 aliphatic rings. The minimum atomic E-state index is -0.297. The maximum Gasteiger partial charge on any atom is 0.252 e. The van der Waals surface area contributed by atoms with Crippen LogP contribution in [0.25, 0.3) is 17.4 Å². The average molecular weight is 355 g/mol. The predicted molar refractivity (Wildman–Crippen MR) is 97.1 cm³/mol. The third kappa shape index (κ3) is 4.08. The third-order valence-corrected chi connectivity index (χ3v) is 3.50. The Hall–Kier alpha value is -3.16. The smallest absolute Gasteiger partial charge is 0.252 e. The topological polar surface area (TPSA) is 106 Å². The molecule has 0 aromatic carbocycles. The number of nitrogens with one attached hydrogen (secondary N) is 2. The lowest BCUT2D eigenvalue weighted by Crippen LogP contribution is -2.22. The minimum absolute atomic E-state index is 0.153. The molecule has 136 valence electrons. The molecule has 3 aromatic rings. The molecule has 3 heterocycles. The Bertz CT molecular complexity index is 977. The summed E-state index contributed by atoms with van der Waals surface area (Å²) >= 11 is 0. The Balaban J connectivity index is 2.03. The van der Waals surface area contributed by atoms with Crippen LogP contribution in [0, 0.1) is 12.3 Å². The Morgan fingerprint density at radius 3 is 2.73 bits per heavy atom. The van der Waals surface area contributed by atoms with Gasteiger partial charge in [0, 0.05) is 24.2 Å². The first-order valence-corrected chi connectivity index (χ1v) is 8.23. The van der Waals surface area contributed by atoms with Gasteiger partial charge in [0.2, 0.25) is 11.9 Å². The van der Waals surface area contributed by atoms with Crippen molar-refractivity contribution in [3.05, 3.63) is 46.6 Å². The van der Waals surface area contributed by atoms with E-state index in [1.54, 1.807) is 31.4 Å². The normalized spacial score (nSPS) is 11.5. The minimum Gasteiger partial charge on any atom is -0.463 e. The van der Waals surface area contributed by atoms with Gasteiger partial charge in [0.25, 0.3) is 5.56 Å². The molecule has 8 nitrogen and oxygen atoms in total. The van der Waals surface area contributed by atoms with E-state index in [2.05, 4.69) is 20.4 Å². The predicted octanol–water partition coefficient (Wildman–Crippen LogP) is 2.90. The zero-order valence-electron chi connectivity index (χ0n) is 15.2. The monoisotopic (exact) mass is 355 g/mol. The Morgan fingerprint density at radius 1 is 1.35 bits per heavy atom. The van der Waals surface area contributed by atoms with Crippen LogP contribution in [0.2, 0.25) is 0 Å². The van der Waals surface area contributed by atoms with Crippen LogP contribution in [0.4, 0.5) is 5.82 Å². The highest BCUT2D eigenvalue weighted by Crippen LogP contribution is 2.25. The maximum atomic E-state index is 12.4. The van der Waals surface area contributed by atoms with Crippen LogP contribution in [0.5, 0.6) is 0 Å². The van der Waals surface area contributed by atoms with Gasteiger partial charge in [0.05, 0.1) is 6.26 Å². The van der Waals surface area contributed by atoms with Gasteiger partial charge in [0.15, 0.2) is 5.76 Å². The molecule has 0 spiro atoms. The fourth-order valence-corrected chi connectivity index (χ4v) is 2.51. The molecule has 26 heavy (non-hydrogen) atoms. The fraction of sp³-hybridized carbons (Fsp3) is 0.333. The average Bonchev–Trinajstić information content (AvgIpc) is 3.12. The summed E-state index contributed by atoms with van der Waals surface area (Å²) in [5, 5.41) is 7.27. The number of anilines is 1. The molecule has 3 rings (SSSR count). The van der Waals surface area contributed by atoms with E-state index >= 15 is 0 Å². The summed E-state index contributed by atoms with van der Waals surface area (Å²) in [4.78, 5) is 31.1. The van der Waals surface area contributed by atoms with Crippen molar-refractivity contribution in [2.75, 3.05) is 5.32 Å². The van der Waals surface area contributed by atoms with Crippen molar-refractivity contribution in [3.63, 3.8) is 0 Å². The number of hydrogen-bond acceptors (Lipinski definition) is 5. The number of aromatic amines is 1. The van der Waals surface area contributed by atoms with E-state index in [1.807, 2.05) is 20.8 Å². The lowest BCUT2D eigenvalue weighted by atomic mass is 9.92. The lowest BCUT2D eigenvalue weighted by Gasteiger charge is -2.17. The molecule has 0 aliphatic carbocycles. The number of rotatable bonds is 4. The van der Waals surface area contributed by atoms with Gasteiger partial charge in [0.1, 0.15) is 11.5 Å². The molecule has 3 aromatic heterocycles. The highest BCUT2D eigenvalue weighted by atomic mass is 16.3. The second-order valence-electron chi connectivity index (χ2n) is 7.30. The van der Waals surface area contributed by atoms with Gasteiger partial charge in [-0.25, -0.2) is 4.98 Å². The number of aryl methyl sites for hydroxylation is 1. The summed E-state index contributed by atoms with van der Waals surface area (Å²) in [7, 11) is 0. The fourth-order valence-electron chi connectivity index (χ4n) is 2.51. The number of hydrogen-bond donors (Lipinski definition) is 2. The zero-order valence-corrected chi connectivity index (χ0v) is 15.2. The molecule has 0 atom stereocenters. The highest BCUT2D eigenvalue weighted by molar-refractivity contribution is 5.91. The Labute approximate surface area is 150 Å². The van der Waals surface area contributed by atoms with Crippen molar-refractivity contribution in [3.8, 4) is 17.4 Å². The maximum absolute atomic E-state index is 12.4. The first-order valence-electron chi connectivity index (χ1n) is 8.23. The molecule has 0 fully saturated rings. The first kappa shape index (κ1) is 17.7. The summed E-state index contributed by atoms with van der Waals surface area (Å²) in [6, 6.07) is 6.58. The largest absolute Gasteiger partial charge is 0.463 e. The summed E-state index contributed by atoms with van der Waals surface area (Å²) in [5.41, 5.74) is 0.611. The van der Waals surface area contributed by atoms with Crippen molar-refractivity contribution >= 4 is 11.7 Å². The van der Waals surface area contributed by atoms with Crippen LogP contribution >= 0.6 is 0 Å². The molecular weight excluding hydrogens is 334 g/mol. The van der Waals surface area contributed by atoms with E-state index in [1.165, 1.54) is 10.7 Å². The lowest BCUT2D eigenvalue weighted by molar-refractivity contribution is -0.117. The molecule has 0 saturated carbocycles. The number of nitrogens with zero attached hydrogens (tertiary/aromatic N) is 3. The summed E-state index contributed by atoms with van der Waals surface area (Å²) in [6.45, 7) is 7.67. The van der Waals surface area contributed by atoms with Crippen LogP contribution in [0.3, 0.4) is 0 Å². The van der Waals surface area contributed by atoms with Gasteiger partial charge in [-0.05, 0) is 24.5 Å². The Kier molecular flexibility index (Phi) is 4.50. The number of furan rings is 1. The summed E-state index contributed by atoms with van der Waals surface area (Å²) in [6.07, 6.45) is 1.88. The van der Waals surface area contributed by atoms with Crippen LogP contribution in [0.15, 0.2) is 39.7 Å². The quantitative estimate of drug-likeness (QED) is 0.748. The van der Waals surface area contributed by atoms with E-state index in [0.29, 0.717) is 29.4 Å². The number of carbonyl (C=O) groups excluding carboxylic acids is 1. The number of aromatic nitrogens is 4.